The number of carbonyl (C=O) groups excluding carboxylic acids is 1. The van der Waals surface area contributed by atoms with Crippen LogP contribution in [0, 0.1) is 6.92 Å². The molecule has 122 valence electrons. The normalized spacial score (nSPS) is 13.3. The molecular weight excluding hydrogens is 334 g/mol. The zero-order valence-corrected chi connectivity index (χ0v) is 14.4. The van der Waals surface area contributed by atoms with E-state index in [9.17, 15) is 9.59 Å². The van der Waals surface area contributed by atoms with Gasteiger partial charge in [0, 0.05) is 4.88 Å². The Morgan fingerprint density at radius 3 is 2.52 bits per heavy atom. The van der Waals surface area contributed by atoms with E-state index in [1.165, 1.54) is 11.3 Å². The number of carbonyl (C=O) groups is 2. The van der Waals surface area contributed by atoms with Gasteiger partial charge in [0.2, 0.25) is 5.91 Å². The molecular formula is C17H18ClNO3S. The quantitative estimate of drug-likeness (QED) is 0.821. The molecule has 2 unspecified atom stereocenters. The maximum absolute atomic E-state index is 12.5. The minimum absolute atomic E-state index is 0.158. The molecule has 0 saturated carbocycles. The average molecular weight is 352 g/mol. The Hall–Kier alpha value is -1.85. The summed E-state index contributed by atoms with van der Waals surface area (Å²) >= 11 is 7.26. The Bertz CT molecular complexity index is 713. The van der Waals surface area contributed by atoms with E-state index in [0.717, 1.165) is 16.0 Å². The second kappa shape index (κ2) is 7.62. The summed E-state index contributed by atoms with van der Waals surface area (Å²) in [4.78, 5) is 24.5. The van der Waals surface area contributed by atoms with E-state index >= 15 is 0 Å². The van der Waals surface area contributed by atoms with Crippen LogP contribution in [0.2, 0.25) is 4.34 Å². The topological polar surface area (TPSA) is 66.4 Å². The zero-order chi connectivity index (χ0) is 17.0. The zero-order valence-electron chi connectivity index (χ0n) is 12.9. The molecule has 0 fully saturated rings. The molecule has 0 aliphatic carbocycles. The molecule has 2 N–H and O–H groups in total. The largest absolute Gasteiger partial charge is 0.481 e. The van der Waals surface area contributed by atoms with Crippen molar-refractivity contribution in [3.63, 3.8) is 0 Å². The number of hydrogen-bond acceptors (Lipinski definition) is 3. The molecule has 4 nitrogen and oxygen atoms in total. The summed E-state index contributed by atoms with van der Waals surface area (Å²) in [5, 5.41) is 12.0. The van der Waals surface area contributed by atoms with E-state index in [1.54, 1.807) is 13.0 Å². The third kappa shape index (κ3) is 4.56. The molecule has 0 bridgehead atoms. The summed E-state index contributed by atoms with van der Waals surface area (Å²) in [6.07, 6.45) is -0.158. The molecule has 1 heterocycles. The number of halogens is 1. The van der Waals surface area contributed by atoms with Crippen molar-refractivity contribution in [2.45, 2.75) is 32.2 Å². The summed E-state index contributed by atoms with van der Waals surface area (Å²) in [6, 6.07) is 10.5. The number of nitrogens with one attached hydrogen (secondary N) is 1. The highest BCUT2D eigenvalue weighted by atomic mass is 35.5. The molecule has 0 aliphatic rings. The Morgan fingerprint density at radius 2 is 1.96 bits per heavy atom. The monoisotopic (exact) mass is 351 g/mol. The van der Waals surface area contributed by atoms with Crippen LogP contribution >= 0.6 is 22.9 Å². The summed E-state index contributed by atoms with van der Waals surface area (Å²) in [5.74, 6) is -1.55. The number of thiophene rings is 1. The molecule has 2 rings (SSSR count). The van der Waals surface area contributed by atoms with Crippen molar-refractivity contribution in [3.05, 3.63) is 56.7 Å². The van der Waals surface area contributed by atoms with Crippen LogP contribution in [-0.2, 0) is 9.59 Å². The van der Waals surface area contributed by atoms with Crippen molar-refractivity contribution in [3.8, 4) is 0 Å². The lowest BCUT2D eigenvalue weighted by Gasteiger charge is -2.21. The predicted molar refractivity (Wildman–Crippen MR) is 92.1 cm³/mol. The predicted octanol–water partition coefficient (Wildman–Crippen LogP) is 4.15. The minimum atomic E-state index is -0.953. The molecule has 1 aromatic carbocycles. The van der Waals surface area contributed by atoms with Crippen molar-refractivity contribution < 1.29 is 14.7 Å². The van der Waals surface area contributed by atoms with Crippen LogP contribution < -0.4 is 5.32 Å². The van der Waals surface area contributed by atoms with Gasteiger partial charge in [0.1, 0.15) is 0 Å². The van der Waals surface area contributed by atoms with Gasteiger partial charge in [-0.25, -0.2) is 0 Å². The molecule has 1 amide bonds. The molecule has 1 aromatic heterocycles. The lowest BCUT2D eigenvalue weighted by Crippen LogP contribution is -2.33. The summed E-state index contributed by atoms with van der Waals surface area (Å²) < 4.78 is 0.626. The number of hydrogen-bond donors (Lipinski definition) is 2. The number of amides is 1. The fourth-order valence-corrected chi connectivity index (χ4v) is 3.49. The highest BCUT2D eigenvalue weighted by Crippen LogP contribution is 2.29. The Labute approximate surface area is 144 Å². The molecule has 2 aromatic rings. The maximum Gasteiger partial charge on any atom is 0.305 e. The van der Waals surface area contributed by atoms with Crippen LogP contribution in [0.25, 0.3) is 0 Å². The first-order valence-electron chi connectivity index (χ1n) is 7.21. The summed E-state index contributed by atoms with van der Waals surface area (Å²) in [7, 11) is 0. The van der Waals surface area contributed by atoms with Gasteiger partial charge in [-0.05, 0) is 37.1 Å². The molecule has 0 spiro atoms. The van der Waals surface area contributed by atoms with Gasteiger partial charge in [-0.3, -0.25) is 9.59 Å². The Kier molecular flexibility index (Phi) is 5.80. The number of rotatable bonds is 6. The number of aliphatic carboxylic acids is 1. The fraction of sp³-hybridized carbons (Fsp3) is 0.294. The molecule has 0 aliphatic heterocycles. The number of carboxylic acid groups (broad SMARTS) is 1. The lowest BCUT2D eigenvalue weighted by molar-refractivity contribution is -0.137. The van der Waals surface area contributed by atoms with E-state index in [4.69, 9.17) is 16.7 Å². The van der Waals surface area contributed by atoms with Crippen molar-refractivity contribution in [2.24, 2.45) is 0 Å². The van der Waals surface area contributed by atoms with Crippen molar-refractivity contribution in [1.29, 1.82) is 0 Å². The van der Waals surface area contributed by atoms with Crippen LogP contribution in [0.15, 0.2) is 36.4 Å². The van der Waals surface area contributed by atoms with Gasteiger partial charge in [0.05, 0.1) is 22.7 Å². The highest BCUT2D eigenvalue weighted by molar-refractivity contribution is 7.16. The van der Waals surface area contributed by atoms with Crippen LogP contribution in [0.4, 0.5) is 0 Å². The minimum Gasteiger partial charge on any atom is -0.481 e. The first kappa shape index (κ1) is 17.5. The number of aryl methyl sites for hydroxylation is 1. The number of carboxylic acids is 1. The van der Waals surface area contributed by atoms with Gasteiger partial charge in [0.25, 0.3) is 0 Å². The summed E-state index contributed by atoms with van der Waals surface area (Å²) in [5.41, 5.74) is 1.77. The van der Waals surface area contributed by atoms with Gasteiger partial charge >= 0.3 is 5.97 Å². The van der Waals surface area contributed by atoms with E-state index < -0.39 is 12.0 Å². The van der Waals surface area contributed by atoms with Crippen molar-refractivity contribution in [1.82, 2.24) is 5.32 Å². The van der Waals surface area contributed by atoms with Crippen molar-refractivity contribution in [2.75, 3.05) is 0 Å². The van der Waals surface area contributed by atoms with E-state index in [-0.39, 0.29) is 18.2 Å². The van der Waals surface area contributed by atoms with Gasteiger partial charge in [-0.15, -0.1) is 11.3 Å². The highest BCUT2D eigenvalue weighted by Gasteiger charge is 2.24. The standard InChI is InChI=1S/C17H18ClNO3S/c1-10-5-3-4-6-12(10)13(9-16(20)21)19-17(22)11(2)14-7-8-15(18)23-14/h3-8,11,13H,9H2,1-2H3,(H,19,22)(H,20,21). The van der Waals surface area contributed by atoms with Gasteiger partial charge < -0.3 is 10.4 Å². The van der Waals surface area contributed by atoms with Crippen LogP contribution in [0.3, 0.4) is 0 Å². The van der Waals surface area contributed by atoms with Crippen LogP contribution in [0.5, 0.6) is 0 Å². The third-order valence-corrected chi connectivity index (χ3v) is 5.09. The molecule has 2 atom stereocenters. The maximum atomic E-state index is 12.5. The van der Waals surface area contributed by atoms with Gasteiger partial charge in [0.15, 0.2) is 0 Å². The number of benzene rings is 1. The van der Waals surface area contributed by atoms with E-state index in [1.807, 2.05) is 37.3 Å². The van der Waals surface area contributed by atoms with Gasteiger partial charge in [-0.1, -0.05) is 35.9 Å². The molecule has 6 heteroatoms. The molecule has 0 saturated heterocycles. The van der Waals surface area contributed by atoms with E-state index in [2.05, 4.69) is 5.32 Å². The molecule has 0 radical (unpaired) electrons. The SMILES string of the molecule is Cc1ccccc1C(CC(=O)O)NC(=O)C(C)c1ccc(Cl)s1. The Morgan fingerprint density at radius 1 is 1.26 bits per heavy atom. The van der Waals surface area contributed by atoms with Crippen molar-refractivity contribution >= 4 is 34.8 Å². The second-order valence-electron chi connectivity index (χ2n) is 5.38. The third-order valence-electron chi connectivity index (χ3n) is 3.67. The Balaban J connectivity index is 2.19. The average Bonchev–Trinajstić information content (AvgIpc) is 2.92. The summed E-state index contributed by atoms with van der Waals surface area (Å²) in [6.45, 7) is 3.69. The van der Waals surface area contributed by atoms with Gasteiger partial charge in [-0.2, -0.15) is 0 Å². The smallest absolute Gasteiger partial charge is 0.305 e. The second-order valence-corrected chi connectivity index (χ2v) is 7.13. The molecule has 23 heavy (non-hydrogen) atoms. The first-order valence-corrected chi connectivity index (χ1v) is 8.41. The fourth-order valence-electron chi connectivity index (χ4n) is 2.38. The van der Waals surface area contributed by atoms with Crippen LogP contribution in [-0.4, -0.2) is 17.0 Å². The lowest BCUT2D eigenvalue weighted by atomic mass is 9.98. The van der Waals surface area contributed by atoms with Crippen LogP contribution in [0.1, 0.15) is 41.3 Å². The van der Waals surface area contributed by atoms with E-state index in [0.29, 0.717) is 4.34 Å². The first-order chi connectivity index (χ1) is 10.9.